The highest BCUT2D eigenvalue weighted by Crippen LogP contribution is 2.39. The van der Waals surface area contributed by atoms with E-state index in [2.05, 4.69) is 40.9 Å². The summed E-state index contributed by atoms with van der Waals surface area (Å²) in [6, 6.07) is 0. The van der Waals surface area contributed by atoms with Gasteiger partial charge >= 0.3 is 0 Å². The van der Waals surface area contributed by atoms with Crippen molar-refractivity contribution in [2.75, 3.05) is 26.2 Å². The molecule has 1 amide bonds. The van der Waals surface area contributed by atoms with Crippen molar-refractivity contribution in [3.05, 3.63) is 16.1 Å². The van der Waals surface area contributed by atoms with Gasteiger partial charge in [0, 0.05) is 43.4 Å². The number of piperidine rings is 2. The summed E-state index contributed by atoms with van der Waals surface area (Å²) in [5.41, 5.74) is 1.52. The van der Waals surface area contributed by atoms with Crippen LogP contribution < -0.4 is 0 Å². The summed E-state index contributed by atoms with van der Waals surface area (Å²) in [5, 5.41) is 3.34. The van der Waals surface area contributed by atoms with E-state index in [1.807, 2.05) is 0 Å². The number of carbonyl (C=O) groups excluding carboxylic acids is 1. The van der Waals surface area contributed by atoms with Crippen LogP contribution in [0.15, 0.2) is 5.38 Å². The van der Waals surface area contributed by atoms with E-state index in [0.29, 0.717) is 17.2 Å². The molecule has 134 valence electrons. The second kappa shape index (κ2) is 7.52. The Morgan fingerprint density at radius 1 is 1.33 bits per heavy atom. The van der Waals surface area contributed by atoms with Crippen molar-refractivity contribution < 1.29 is 4.79 Å². The first-order valence-electron chi connectivity index (χ1n) is 9.37. The summed E-state index contributed by atoms with van der Waals surface area (Å²) in [5.74, 6) is 1.03. The summed E-state index contributed by atoms with van der Waals surface area (Å²) in [7, 11) is 0. The molecule has 5 heteroatoms. The Hall–Kier alpha value is -0.940. The van der Waals surface area contributed by atoms with Gasteiger partial charge in [-0.05, 0) is 45.1 Å². The number of thiazole rings is 1. The number of nitrogens with zero attached hydrogens (tertiary/aromatic N) is 3. The number of rotatable bonds is 5. The number of aryl methyl sites for hydroxylation is 1. The third-order valence-corrected chi connectivity index (χ3v) is 6.34. The van der Waals surface area contributed by atoms with Crippen molar-refractivity contribution in [2.24, 2.45) is 11.3 Å². The van der Waals surface area contributed by atoms with E-state index in [4.69, 9.17) is 0 Å². The molecule has 3 heterocycles. The monoisotopic (exact) mass is 349 g/mol. The normalized spacial score (nSPS) is 25.8. The first-order valence-corrected chi connectivity index (χ1v) is 10.2. The van der Waals surface area contributed by atoms with Crippen molar-refractivity contribution in [1.82, 2.24) is 14.8 Å². The minimum atomic E-state index is 0.314. The van der Waals surface area contributed by atoms with E-state index < -0.39 is 0 Å². The van der Waals surface area contributed by atoms with Crippen LogP contribution in [0.3, 0.4) is 0 Å². The van der Waals surface area contributed by atoms with Crippen molar-refractivity contribution >= 4 is 17.2 Å². The van der Waals surface area contributed by atoms with Gasteiger partial charge in [-0.25, -0.2) is 4.98 Å². The molecular formula is C19H31N3OS. The summed E-state index contributed by atoms with van der Waals surface area (Å²) >= 11 is 1.74. The number of amides is 1. The van der Waals surface area contributed by atoms with E-state index in [9.17, 15) is 4.79 Å². The Morgan fingerprint density at radius 3 is 2.88 bits per heavy atom. The molecule has 2 aliphatic rings. The van der Waals surface area contributed by atoms with E-state index in [-0.39, 0.29) is 0 Å². The number of hydrogen-bond donors (Lipinski definition) is 0. The lowest BCUT2D eigenvalue weighted by Crippen LogP contribution is -2.54. The molecule has 0 bridgehead atoms. The lowest BCUT2D eigenvalue weighted by molar-refractivity contribution is -0.139. The molecule has 3 rings (SSSR count). The van der Waals surface area contributed by atoms with Crippen LogP contribution in [0.5, 0.6) is 0 Å². The predicted octanol–water partition coefficient (Wildman–Crippen LogP) is 3.70. The molecule has 1 atom stereocenters. The third kappa shape index (κ3) is 4.37. The van der Waals surface area contributed by atoms with Gasteiger partial charge in [0.15, 0.2) is 0 Å². The van der Waals surface area contributed by atoms with Gasteiger partial charge in [0.2, 0.25) is 5.91 Å². The Bertz CT molecular complexity index is 571. The van der Waals surface area contributed by atoms with Gasteiger partial charge in [0.1, 0.15) is 0 Å². The summed E-state index contributed by atoms with van der Waals surface area (Å²) in [6.07, 6.45) is 5.43. The highest BCUT2D eigenvalue weighted by atomic mass is 32.1. The van der Waals surface area contributed by atoms with Gasteiger partial charge in [-0.15, -0.1) is 11.3 Å². The van der Waals surface area contributed by atoms with Crippen LogP contribution in [0, 0.1) is 18.3 Å². The zero-order valence-electron chi connectivity index (χ0n) is 15.4. The number of likely N-dealkylation sites (tertiary alicyclic amines) is 2. The van der Waals surface area contributed by atoms with Crippen LogP contribution in [0.1, 0.15) is 56.7 Å². The molecule has 2 saturated heterocycles. The molecule has 1 aromatic heterocycles. The molecule has 1 aromatic rings. The fourth-order valence-electron chi connectivity index (χ4n) is 4.21. The smallest absolute Gasteiger partial charge is 0.222 e. The summed E-state index contributed by atoms with van der Waals surface area (Å²) < 4.78 is 0. The first kappa shape index (κ1) is 17.9. The molecule has 0 aliphatic carbocycles. The van der Waals surface area contributed by atoms with Gasteiger partial charge < -0.3 is 4.90 Å². The minimum Gasteiger partial charge on any atom is -0.342 e. The topological polar surface area (TPSA) is 36.4 Å². The standard InChI is InChI=1S/C19H31N3OS/c1-15(2)6-10-22-14-19(8-5-18(22)23)7-4-9-21(13-19)11-17-12-24-16(3)20-17/h12,15H,4-11,13-14H2,1-3H3. The van der Waals surface area contributed by atoms with Crippen LogP contribution >= 0.6 is 11.3 Å². The molecule has 1 spiro atoms. The van der Waals surface area contributed by atoms with Gasteiger partial charge in [-0.2, -0.15) is 0 Å². The second-order valence-corrected chi connectivity index (χ2v) is 9.23. The predicted molar refractivity (Wildman–Crippen MR) is 99.1 cm³/mol. The lowest BCUT2D eigenvalue weighted by atomic mass is 9.73. The average Bonchev–Trinajstić information content (AvgIpc) is 2.94. The molecule has 0 aromatic carbocycles. The zero-order chi connectivity index (χ0) is 17.2. The summed E-state index contributed by atoms with van der Waals surface area (Å²) in [6.45, 7) is 11.7. The molecule has 0 N–H and O–H groups in total. The van der Waals surface area contributed by atoms with Crippen molar-refractivity contribution in [2.45, 2.75) is 59.4 Å². The van der Waals surface area contributed by atoms with Crippen LogP contribution in [0.2, 0.25) is 0 Å². The largest absolute Gasteiger partial charge is 0.342 e. The van der Waals surface area contributed by atoms with E-state index in [1.165, 1.54) is 18.5 Å². The molecule has 4 nitrogen and oxygen atoms in total. The van der Waals surface area contributed by atoms with E-state index in [0.717, 1.165) is 57.0 Å². The third-order valence-electron chi connectivity index (χ3n) is 5.52. The molecular weight excluding hydrogens is 318 g/mol. The SMILES string of the molecule is Cc1nc(CN2CCCC3(CCC(=O)N(CCC(C)C)C3)C2)cs1. The maximum atomic E-state index is 12.3. The minimum absolute atomic E-state index is 0.314. The van der Waals surface area contributed by atoms with Crippen molar-refractivity contribution in [3.63, 3.8) is 0 Å². The van der Waals surface area contributed by atoms with Crippen molar-refractivity contribution in [3.8, 4) is 0 Å². The Balaban J connectivity index is 1.62. The van der Waals surface area contributed by atoms with Crippen LogP contribution in [-0.2, 0) is 11.3 Å². The highest BCUT2D eigenvalue weighted by Gasteiger charge is 2.41. The van der Waals surface area contributed by atoms with Crippen LogP contribution in [-0.4, -0.2) is 46.9 Å². The molecule has 0 saturated carbocycles. The Labute approximate surface area is 150 Å². The van der Waals surface area contributed by atoms with Gasteiger partial charge in [-0.1, -0.05) is 13.8 Å². The fourth-order valence-corrected chi connectivity index (χ4v) is 4.81. The first-order chi connectivity index (χ1) is 11.5. The molecule has 2 fully saturated rings. The number of aromatic nitrogens is 1. The van der Waals surface area contributed by atoms with Crippen LogP contribution in [0.4, 0.5) is 0 Å². The van der Waals surface area contributed by atoms with Gasteiger partial charge in [-0.3, -0.25) is 9.69 Å². The molecule has 24 heavy (non-hydrogen) atoms. The number of hydrogen-bond acceptors (Lipinski definition) is 4. The maximum absolute atomic E-state index is 12.3. The second-order valence-electron chi connectivity index (χ2n) is 8.17. The summed E-state index contributed by atoms with van der Waals surface area (Å²) in [4.78, 5) is 21.7. The zero-order valence-corrected chi connectivity index (χ0v) is 16.2. The van der Waals surface area contributed by atoms with E-state index in [1.54, 1.807) is 11.3 Å². The average molecular weight is 350 g/mol. The number of carbonyl (C=O) groups is 1. The van der Waals surface area contributed by atoms with Crippen molar-refractivity contribution in [1.29, 1.82) is 0 Å². The Morgan fingerprint density at radius 2 is 2.17 bits per heavy atom. The van der Waals surface area contributed by atoms with E-state index >= 15 is 0 Å². The Kier molecular flexibility index (Phi) is 5.60. The lowest BCUT2D eigenvalue weighted by Gasteiger charge is -2.48. The highest BCUT2D eigenvalue weighted by molar-refractivity contribution is 7.09. The van der Waals surface area contributed by atoms with Gasteiger partial charge in [0.25, 0.3) is 0 Å². The molecule has 2 aliphatic heterocycles. The maximum Gasteiger partial charge on any atom is 0.222 e. The quantitative estimate of drug-likeness (QED) is 0.813. The van der Waals surface area contributed by atoms with Crippen LogP contribution in [0.25, 0.3) is 0 Å². The fraction of sp³-hybridized carbons (Fsp3) is 0.789. The molecule has 0 radical (unpaired) electrons. The van der Waals surface area contributed by atoms with Gasteiger partial charge in [0.05, 0.1) is 10.7 Å². The molecule has 1 unspecified atom stereocenters.